The minimum Gasteiger partial charge on any atom is -0.441 e. The number of nitrogens with zero attached hydrogens (tertiary/aromatic N) is 3. The van der Waals surface area contributed by atoms with Crippen LogP contribution in [-0.2, 0) is 9.53 Å². The first-order valence-corrected chi connectivity index (χ1v) is 9.84. The SMILES string of the molecule is CC(C)CCN1CC2(CCN(C(=O)[C@@H]3CCCN(C)C3)CC2)OC1=O. The summed E-state index contributed by atoms with van der Waals surface area (Å²) >= 11 is 0. The second kappa shape index (κ2) is 7.52. The van der Waals surface area contributed by atoms with Crippen LogP contribution in [0.2, 0.25) is 0 Å². The van der Waals surface area contributed by atoms with Crippen molar-refractivity contribution in [1.82, 2.24) is 14.7 Å². The number of likely N-dealkylation sites (tertiary alicyclic amines) is 2. The number of carbonyl (C=O) groups excluding carboxylic acids is 2. The summed E-state index contributed by atoms with van der Waals surface area (Å²) in [4.78, 5) is 31.1. The molecule has 2 amide bonds. The molecule has 0 saturated carbocycles. The largest absolute Gasteiger partial charge is 0.441 e. The molecular formula is C19H33N3O3. The molecule has 3 heterocycles. The highest BCUT2D eigenvalue weighted by molar-refractivity contribution is 5.79. The van der Waals surface area contributed by atoms with Crippen LogP contribution in [0.15, 0.2) is 0 Å². The van der Waals surface area contributed by atoms with E-state index in [1.54, 1.807) is 0 Å². The Morgan fingerprint density at radius 1 is 1.28 bits per heavy atom. The van der Waals surface area contributed by atoms with Gasteiger partial charge in [0.15, 0.2) is 0 Å². The van der Waals surface area contributed by atoms with Gasteiger partial charge in [0.25, 0.3) is 0 Å². The van der Waals surface area contributed by atoms with Crippen molar-refractivity contribution in [2.45, 2.75) is 51.6 Å². The zero-order valence-corrected chi connectivity index (χ0v) is 16.0. The maximum absolute atomic E-state index is 12.8. The van der Waals surface area contributed by atoms with Gasteiger partial charge in [-0.1, -0.05) is 13.8 Å². The number of rotatable bonds is 4. The molecule has 6 nitrogen and oxygen atoms in total. The summed E-state index contributed by atoms with van der Waals surface area (Å²) in [5, 5.41) is 0. The van der Waals surface area contributed by atoms with Crippen LogP contribution >= 0.6 is 0 Å². The molecule has 0 aromatic carbocycles. The average molecular weight is 351 g/mol. The summed E-state index contributed by atoms with van der Waals surface area (Å²) in [6, 6.07) is 0. The Balaban J connectivity index is 1.51. The van der Waals surface area contributed by atoms with Gasteiger partial charge in [-0.15, -0.1) is 0 Å². The predicted octanol–water partition coefficient (Wildman–Crippen LogP) is 2.19. The summed E-state index contributed by atoms with van der Waals surface area (Å²) in [5.74, 6) is 1.02. The zero-order chi connectivity index (χ0) is 18.0. The van der Waals surface area contributed by atoms with Gasteiger partial charge in [0.05, 0.1) is 12.5 Å². The molecule has 25 heavy (non-hydrogen) atoms. The number of hydrogen-bond donors (Lipinski definition) is 0. The van der Waals surface area contributed by atoms with Gasteiger partial charge in [-0.25, -0.2) is 4.79 Å². The van der Waals surface area contributed by atoms with E-state index in [9.17, 15) is 9.59 Å². The molecule has 3 fully saturated rings. The van der Waals surface area contributed by atoms with Crippen molar-refractivity contribution in [3.05, 3.63) is 0 Å². The van der Waals surface area contributed by atoms with E-state index in [1.807, 2.05) is 9.80 Å². The van der Waals surface area contributed by atoms with Gasteiger partial charge < -0.3 is 19.4 Å². The van der Waals surface area contributed by atoms with Gasteiger partial charge in [-0.05, 0) is 38.8 Å². The van der Waals surface area contributed by atoms with E-state index >= 15 is 0 Å². The van der Waals surface area contributed by atoms with Gasteiger partial charge >= 0.3 is 6.09 Å². The van der Waals surface area contributed by atoms with Crippen LogP contribution in [-0.4, -0.2) is 78.6 Å². The van der Waals surface area contributed by atoms with Crippen molar-refractivity contribution >= 4 is 12.0 Å². The van der Waals surface area contributed by atoms with Gasteiger partial charge in [0.1, 0.15) is 5.60 Å². The first-order valence-electron chi connectivity index (χ1n) is 9.84. The second-order valence-corrected chi connectivity index (χ2v) is 8.58. The molecule has 0 aromatic heterocycles. The molecular weight excluding hydrogens is 318 g/mol. The Morgan fingerprint density at radius 3 is 2.64 bits per heavy atom. The highest BCUT2D eigenvalue weighted by Gasteiger charge is 2.47. The van der Waals surface area contributed by atoms with Crippen LogP contribution in [0.1, 0.15) is 46.0 Å². The van der Waals surface area contributed by atoms with Crippen LogP contribution in [0, 0.1) is 11.8 Å². The molecule has 142 valence electrons. The maximum Gasteiger partial charge on any atom is 0.410 e. The highest BCUT2D eigenvalue weighted by atomic mass is 16.6. The Hall–Kier alpha value is -1.30. The number of piperidine rings is 2. The fourth-order valence-corrected chi connectivity index (χ4v) is 4.30. The number of hydrogen-bond acceptors (Lipinski definition) is 4. The molecule has 0 aromatic rings. The van der Waals surface area contributed by atoms with Crippen molar-refractivity contribution < 1.29 is 14.3 Å². The fraction of sp³-hybridized carbons (Fsp3) is 0.895. The maximum atomic E-state index is 12.8. The lowest BCUT2D eigenvalue weighted by atomic mass is 9.89. The zero-order valence-electron chi connectivity index (χ0n) is 16.0. The first kappa shape index (κ1) is 18.5. The topological polar surface area (TPSA) is 53.1 Å². The molecule has 6 heteroatoms. The monoisotopic (exact) mass is 351 g/mol. The van der Waals surface area contributed by atoms with E-state index in [0.717, 1.165) is 51.7 Å². The first-order chi connectivity index (χ1) is 11.9. The van der Waals surface area contributed by atoms with Gasteiger partial charge in [0.2, 0.25) is 5.91 Å². The predicted molar refractivity (Wildman–Crippen MR) is 96.3 cm³/mol. The number of carbonyl (C=O) groups is 2. The summed E-state index contributed by atoms with van der Waals surface area (Å²) < 4.78 is 5.77. The Bertz CT molecular complexity index is 500. The molecule has 3 saturated heterocycles. The Labute approximate surface area is 151 Å². The normalized spacial score (nSPS) is 27.2. The summed E-state index contributed by atoms with van der Waals surface area (Å²) in [5.41, 5.74) is -0.367. The fourth-order valence-electron chi connectivity index (χ4n) is 4.30. The number of ether oxygens (including phenoxy) is 1. The lowest BCUT2D eigenvalue weighted by Gasteiger charge is -2.40. The third-order valence-electron chi connectivity index (χ3n) is 5.98. The second-order valence-electron chi connectivity index (χ2n) is 8.58. The van der Waals surface area contributed by atoms with E-state index in [2.05, 4.69) is 25.8 Å². The quantitative estimate of drug-likeness (QED) is 0.779. The van der Waals surface area contributed by atoms with Crippen molar-refractivity contribution in [1.29, 1.82) is 0 Å². The van der Waals surface area contributed by atoms with E-state index in [-0.39, 0.29) is 17.6 Å². The summed E-state index contributed by atoms with van der Waals surface area (Å²) in [6.45, 7) is 9.19. The van der Waals surface area contributed by atoms with Gasteiger partial charge in [0, 0.05) is 39.0 Å². The molecule has 3 rings (SSSR count). The Kier molecular flexibility index (Phi) is 5.56. The third-order valence-corrected chi connectivity index (χ3v) is 5.98. The van der Waals surface area contributed by atoms with E-state index < -0.39 is 0 Å². The third kappa shape index (κ3) is 4.27. The molecule has 0 N–H and O–H groups in total. The van der Waals surface area contributed by atoms with Crippen molar-refractivity contribution in [2.24, 2.45) is 11.8 Å². The smallest absolute Gasteiger partial charge is 0.410 e. The minimum absolute atomic E-state index is 0.140. The standard InChI is InChI=1S/C19H33N3O3/c1-15(2)6-10-22-14-19(25-18(22)24)7-11-21(12-8-19)17(23)16-5-4-9-20(3)13-16/h15-16H,4-14H2,1-3H3/t16-/m1/s1. The van der Waals surface area contributed by atoms with Crippen molar-refractivity contribution in [3.8, 4) is 0 Å². The van der Waals surface area contributed by atoms with E-state index in [1.165, 1.54) is 0 Å². The molecule has 0 unspecified atom stereocenters. The Morgan fingerprint density at radius 2 is 2.00 bits per heavy atom. The van der Waals surface area contributed by atoms with E-state index in [0.29, 0.717) is 31.5 Å². The molecule has 1 spiro atoms. The molecule has 0 radical (unpaired) electrons. The molecule has 0 bridgehead atoms. The minimum atomic E-state index is -0.367. The lowest BCUT2D eigenvalue weighted by Crippen LogP contribution is -2.51. The van der Waals surface area contributed by atoms with Crippen LogP contribution in [0.5, 0.6) is 0 Å². The molecule has 1 atom stereocenters. The van der Waals surface area contributed by atoms with Crippen LogP contribution in [0.4, 0.5) is 4.79 Å². The lowest BCUT2D eigenvalue weighted by molar-refractivity contribution is -0.140. The van der Waals surface area contributed by atoms with Crippen molar-refractivity contribution in [2.75, 3.05) is 46.3 Å². The molecule has 3 aliphatic heterocycles. The van der Waals surface area contributed by atoms with Crippen LogP contribution in [0.25, 0.3) is 0 Å². The van der Waals surface area contributed by atoms with Crippen LogP contribution in [0.3, 0.4) is 0 Å². The van der Waals surface area contributed by atoms with Crippen LogP contribution < -0.4 is 0 Å². The summed E-state index contributed by atoms with van der Waals surface area (Å²) in [6.07, 6.45) is 4.48. The van der Waals surface area contributed by atoms with Gasteiger partial charge in [-0.3, -0.25) is 4.79 Å². The molecule has 3 aliphatic rings. The van der Waals surface area contributed by atoms with Gasteiger partial charge in [-0.2, -0.15) is 0 Å². The summed E-state index contributed by atoms with van der Waals surface area (Å²) in [7, 11) is 2.09. The van der Waals surface area contributed by atoms with Crippen molar-refractivity contribution in [3.63, 3.8) is 0 Å². The average Bonchev–Trinajstić information content (AvgIpc) is 2.88. The highest BCUT2D eigenvalue weighted by Crippen LogP contribution is 2.34. The van der Waals surface area contributed by atoms with E-state index in [4.69, 9.17) is 4.74 Å². The molecule has 0 aliphatic carbocycles. The number of amides is 2.